The summed E-state index contributed by atoms with van der Waals surface area (Å²) >= 11 is 3.03. The highest BCUT2D eigenvalue weighted by Crippen LogP contribution is 2.35. The van der Waals surface area contributed by atoms with Crippen LogP contribution in [0.4, 0.5) is 13.2 Å². The van der Waals surface area contributed by atoms with Crippen LogP contribution in [0.3, 0.4) is 0 Å². The van der Waals surface area contributed by atoms with Gasteiger partial charge in [0.25, 0.3) is 0 Å². The lowest BCUT2D eigenvalue weighted by atomic mass is 9.99. The molecule has 1 rings (SSSR count). The van der Waals surface area contributed by atoms with Crippen LogP contribution < -0.4 is 4.74 Å². The van der Waals surface area contributed by atoms with Crippen LogP contribution in [0.2, 0.25) is 0 Å². The molecule has 0 spiro atoms. The molecule has 20 heavy (non-hydrogen) atoms. The molecular formula is C12H10BrF3O4. The van der Waals surface area contributed by atoms with Crippen molar-refractivity contribution in [2.24, 2.45) is 0 Å². The SMILES string of the molecule is CC(=O)C(Br)c1cccc(OC(F)(F)F)c1CC(=O)O. The van der Waals surface area contributed by atoms with Crippen molar-refractivity contribution >= 4 is 27.7 Å². The van der Waals surface area contributed by atoms with E-state index in [0.29, 0.717) is 0 Å². The molecule has 4 nitrogen and oxygen atoms in total. The monoisotopic (exact) mass is 354 g/mol. The Morgan fingerprint density at radius 3 is 2.45 bits per heavy atom. The molecule has 0 saturated carbocycles. The van der Waals surface area contributed by atoms with E-state index in [1.807, 2.05) is 0 Å². The summed E-state index contributed by atoms with van der Waals surface area (Å²) in [6, 6.07) is 3.65. The summed E-state index contributed by atoms with van der Waals surface area (Å²) in [5.41, 5.74) is -0.0453. The summed E-state index contributed by atoms with van der Waals surface area (Å²) in [5, 5.41) is 8.80. The van der Waals surface area contributed by atoms with Gasteiger partial charge in [-0.3, -0.25) is 9.59 Å². The van der Waals surface area contributed by atoms with E-state index in [1.165, 1.54) is 19.1 Å². The minimum atomic E-state index is -4.94. The van der Waals surface area contributed by atoms with Crippen LogP contribution in [0, 0.1) is 0 Å². The third kappa shape index (κ3) is 4.52. The number of halogens is 4. The third-order valence-corrected chi connectivity index (χ3v) is 3.49. The third-order valence-electron chi connectivity index (χ3n) is 2.35. The summed E-state index contributed by atoms with van der Waals surface area (Å²) in [4.78, 5) is 21.2. The van der Waals surface area contributed by atoms with Crippen LogP contribution in [-0.4, -0.2) is 23.2 Å². The van der Waals surface area contributed by atoms with Crippen LogP contribution in [-0.2, 0) is 16.0 Å². The number of aliphatic carboxylic acids is 1. The van der Waals surface area contributed by atoms with Crippen molar-refractivity contribution in [3.05, 3.63) is 29.3 Å². The fourth-order valence-electron chi connectivity index (χ4n) is 1.60. The number of carbonyl (C=O) groups excluding carboxylic acids is 1. The smallest absolute Gasteiger partial charge is 0.481 e. The molecule has 0 amide bonds. The average Bonchev–Trinajstić information content (AvgIpc) is 2.27. The van der Waals surface area contributed by atoms with Gasteiger partial charge in [-0.1, -0.05) is 28.1 Å². The van der Waals surface area contributed by atoms with Gasteiger partial charge in [0, 0.05) is 5.56 Å². The van der Waals surface area contributed by atoms with Gasteiger partial charge < -0.3 is 9.84 Å². The minimum absolute atomic E-state index is 0.140. The van der Waals surface area contributed by atoms with Gasteiger partial charge in [0.2, 0.25) is 0 Å². The van der Waals surface area contributed by atoms with Crippen LogP contribution in [0.5, 0.6) is 5.75 Å². The Hall–Kier alpha value is -1.57. The molecular weight excluding hydrogens is 345 g/mol. The molecule has 0 fully saturated rings. The first-order chi connectivity index (χ1) is 9.11. The number of benzene rings is 1. The minimum Gasteiger partial charge on any atom is -0.481 e. The highest BCUT2D eigenvalue weighted by molar-refractivity contribution is 9.09. The van der Waals surface area contributed by atoms with Gasteiger partial charge in [0.15, 0.2) is 0 Å². The Balaban J connectivity index is 3.33. The molecule has 0 radical (unpaired) electrons. The van der Waals surface area contributed by atoms with Crippen molar-refractivity contribution in [3.63, 3.8) is 0 Å². The standard InChI is InChI=1S/C12H10BrF3O4/c1-6(17)11(13)7-3-2-4-9(20-12(14,15)16)8(7)5-10(18)19/h2-4,11H,5H2,1H3,(H,18,19). The second kappa shape index (κ2) is 6.25. The molecule has 0 aromatic heterocycles. The van der Waals surface area contributed by atoms with E-state index in [-0.39, 0.29) is 16.9 Å². The largest absolute Gasteiger partial charge is 0.573 e. The molecule has 1 aromatic carbocycles. The van der Waals surface area contributed by atoms with Gasteiger partial charge in [-0.15, -0.1) is 13.2 Å². The van der Waals surface area contributed by atoms with Crippen molar-refractivity contribution in [1.29, 1.82) is 0 Å². The molecule has 8 heteroatoms. The highest BCUT2D eigenvalue weighted by Gasteiger charge is 2.33. The fourth-order valence-corrected chi connectivity index (χ4v) is 2.03. The number of hydrogen-bond donors (Lipinski definition) is 1. The number of ether oxygens (including phenoxy) is 1. The Morgan fingerprint density at radius 2 is 2.00 bits per heavy atom. The summed E-state index contributed by atoms with van der Waals surface area (Å²) in [5.74, 6) is -2.31. The lowest BCUT2D eigenvalue weighted by molar-refractivity contribution is -0.275. The molecule has 0 bridgehead atoms. The molecule has 0 heterocycles. The van der Waals surface area contributed by atoms with Crippen molar-refractivity contribution < 1.29 is 32.6 Å². The zero-order valence-electron chi connectivity index (χ0n) is 10.2. The summed E-state index contributed by atoms with van der Waals surface area (Å²) in [7, 11) is 0. The van der Waals surface area contributed by atoms with Gasteiger partial charge in [-0.2, -0.15) is 0 Å². The first-order valence-electron chi connectivity index (χ1n) is 5.35. The molecule has 0 aliphatic heterocycles. The molecule has 0 aliphatic rings. The Kier molecular flexibility index (Phi) is 5.15. The lowest BCUT2D eigenvalue weighted by Crippen LogP contribution is -2.20. The average molecular weight is 355 g/mol. The maximum absolute atomic E-state index is 12.3. The number of alkyl halides is 4. The number of hydrogen-bond acceptors (Lipinski definition) is 3. The Bertz CT molecular complexity index is 528. The number of Topliss-reactive ketones (excluding diaryl/α,β-unsaturated/α-hetero) is 1. The van der Waals surface area contributed by atoms with Crippen LogP contribution >= 0.6 is 15.9 Å². The number of carboxylic acid groups (broad SMARTS) is 1. The normalized spacial score (nSPS) is 12.8. The van der Waals surface area contributed by atoms with E-state index in [1.54, 1.807) is 0 Å². The van der Waals surface area contributed by atoms with E-state index >= 15 is 0 Å². The molecule has 0 saturated heterocycles. The Labute approximate surface area is 120 Å². The fraction of sp³-hybridized carbons (Fsp3) is 0.333. The molecule has 1 unspecified atom stereocenters. The summed E-state index contributed by atoms with van der Waals surface area (Å²) < 4.78 is 40.7. The second-order valence-corrected chi connectivity index (χ2v) is 4.83. The van der Waals surface area contributed by atoms with Gasteiger partial charge >= 0.3 is 12.3 Å². The second-order valence-electron chi connectivity index (χ2n) is 3.92. The zero-order valence-corrected chi connectivity index (χ0v) is 11.8. The number of ketones is 1. The van der Waals surface area contributed by atoms with E-state index in [0.717, 1.165) is 6.07 Å². The van der Waals surface area contributed by atoms with Crippen molar-refractivity contribution in [2.75, 3.05) is 0 Å². The van der Waals surface area contributed by atoms with Crippen LogP contribution in [0.1, 0.15) is 22.9 Å². The molecule has 1 aromatic rings. The first-order valence-corrected chi connectivity index (χ1v) is 6.27. The molecule has 0 aliphatic carbocycles. The van der Waals surface area contributed by atoms with Crippen molar-refractivity contribution in [2.45, 2.75) is 24.5 Å². The quantitative estimate of drug-likeness (QED) is 0.824. The van der Waals surface area contributed by atoms with Gasteiger partial charge in [-0.25, -0.2) is 0 Å². The molecule has 110 valence electrons. The number of carbonyl (C=O) groups is 2. The molecule has 1 atom stereocenters. The lowest BCUT2D eigenvalue weighted by Gasteiger charge is -2.17. The maximum Gasteiger partial charge on any atom is 0.573 e. The van der Waals surface area contributed by atoms with Gasteiger partial charge in [-0.05, 0) is 18.6 Å². The highest BCUT2D eigenvalue weighted by atomic mass is 79.9. The van der Waals surface area contributed by atoms with E-state index in [9.17, 15) is 22.8 Å². The van der Waals surface area contributed by atoms with Gasteiger partial charge in [0.05, 0.1) is 11.2 Å². The summed E-state index contributed by atoms with van der Waals surface area (Å²) in [6.07, 6.45) is -5.62. The van der Waals surface area contributed by atoms with E-state index < -0.39 is 29.3 Å². The first kappa shape index (κ1) is 16.5. The topological polar surface area (TPSA) is 63.6 Å². The predicted octanol–water partition coefficient (Wildman–Crippen LogP) is 3.24. The number of rotatable bonds is 5. The van der Waals surface area contributed by atoms with Crippen LogP contribution in [0.15, 0.2) is 18.2 Å². The predicted molar refractivity (Wildman–Crippen MR) is 66.8 cm³/mol. The summed E-state index contributed by atoms with van der Waals surface area (Å²) in [6.45, 7) is 1.24. The molecule has 1 N–H and O–H groups in total. The van der Waals surface area contributed by atoms with Crippen LogP contribution in [0.25, 0.3) is 0 Å². The van der Waals surface area contributed by atoms with E-state index in [2.05, 4.69) is 20.7 Å². The number of carboxylic acids is 1. The Morgan fingerprint density at radius 1 is 1.40 bits per heavy atom. The van der Waals surface area contributed by atoms with E-state index in [4.69, 9.17) is 5.11 Å². The zero-order chi connectivity index (χ0) is 15.5. The van der Waals surface area contributed by atoms with Gasteiger partial charge in [0.1, 0.15) is 11.5 Å². The van der Waals surface area contributed by atoms with Crippen molar-refractivity contribution in [1.82, 2.24) is 0 Å². The maximum atomic E-state index is 12.3. The van der Waals surface area contributed by atoms with Crippen molar-refractivity contribution in [3.8, 4) is 5.75 Å².